The normalized spacial score (nSPS) is 9.81. The van der Waals surface area contributed by atoms with Crippen LogP contribution in [0.2, 0.25) is 0 Å². The van der Waals surface area contributed by atoms with Crippen molar-refractivity contribution in [2.45, 2.75) is 6.54 Å². The van der Waals surface area contributed by atoms with Crippen LogP contribution in [0.5, 0.6) is 11.5 Å². The molecule has 0 aliphatic heterocycles. The zero-order valence-electron chi connectivity index (χ0n) is 11.9. The zero-order valence-corrected chi connectivity index (χ0v) is 11.9. The lowest BCUT2D eigenvalue weighted by Crippen LogP contribution is -2.28. The number of amides is 2. The Morgan fingerprint density at radius 1 is 1.19 bits per heavy atom. The highest BCUT2D eigenvalue weighted by Crippen LogP contribution is 2.25. The van der Waals surface area contributed by atoms with Crippen LogP contribution in [0.4, 0.5) is 10.5 Å². The number of nitrogens with one attached hydrogen (secondary N) is 2. The quantitative estimate of drug-likeness (QED) is 0.886. The first-order valence-corrected chi connectivity index (χ1v) is 6.38. The van der Waals surface area contributed by atoms with Gasteiger partial charge in [0.15, 0.2) is 0 Å². The van der Waals surface area contributed by atoms with E-state index in [1.54, 1.807) is 44.8 Å². The Bertz CT molecular complexity index is 580. The Hall–Kier alpha value is -2.76. The predicted octanol–water partition coefficient (Wildman–Crippen LogP) is 2.42. The lowest BCUT2D eigenvalue weighted by Gasteiger charge is -2.10. The van der Waals surface area contributed by atoms with E-state index in [2.05, 4.69) is 15.6 Å². The molecule has 21 heavy (non-hydrogen) atoms. The number of aromatic nitrogens is 1. The van der Waals surface area contributed by atoms with Crippen LogP contribution in [0, 0.1) is 0 Å². The molecule has 0 aliphatic carbocycles. The molecule has 0 radical (unpaired) electrons. The van der Waals surface area contributed by atoms with Crippen LogP contribution in [-0.4, -0.2) is 25.2 Å². The molecule has 0 spiro atoms. The summed E-state index contributed by atoms with van der Waals surface area (Å²) in [4.78, 5) is 15.8. The maximum atomic E-state index is 11.9. The van der Waals surface area contributed by atoms with Gasteiger partial charge in [-0.15, -0.1) is 0 Å². The third kappa shape index (κ3) is 4.38. The van der Waals surface area contributed by atoms with Crippen molar-refractivity contribution in [3.8, 4) is 11.5 Å². The maximum Gasteiger partial charge on any atom is 0.319 e. The standard InChI is InChI=1S/C15H17N3O3/c1-20-13-6-12(7-14(8-13)21-2)18-15(19)17-10-11-4-3-5-16-9-11/h3-9H,10H2,1-2H3,(H2,17,18,19). The van der Waals surface area contributed by atoms with Crippen molar-refractivity contribution < 1.29 is 14.3 Å². The number of rotatable bonds is 5. The van der Waals surface area contributed by atoms with Gasteiger partial charge < -0.3 is 20.1 Å². The zero-order chi connectivity index (χ0) is 15.1. The lowest BCUT2D eigenvalue weighted by atomic mass is 10.2. The van der Waals surface area contributed by atoms with Gasteiger partial charge >= 0.3 is 6.03 Å². The van der Waals surface area contributed by atoms with E-state index in [1.807, 2.05) is 12.1 Å². The molecule has 1 aromatic carbocycles. The Morgan fingerprint density at radius 2 is 1.90 bits per heavy atom. The maximum absolute atomic E-state index is 11.9. The SMILES string of the molecule is COc1cc(NC(=O)NCc2cccnc2)cc(OC)c1. The molecule has 0 saturated carbocycles. The summed E-state index contributed by atoms with van der Waals surface area (Å²) < 4.78 is 10.3. The summed E-state index contributed by atoms with van der Waals surface area (Å²) in [5.74, 6) is 1.22. The second kappa shape index (κ2) is 7.14. The molecule has 0 bridgehead atoms. The van der Waals surface area contributed by atoms with E-state index in [1.165, 1.54) is 0 Å². The summed E-state index contributed by atoms with van der Waals surface area (Å²) in [6, 6.07) is 8.56. The van der Waals surface area contributed by atoms with Crippen molar-refractivity contribution in [1.82, 2.24) is 10.3 Å². The molecular formula is C15H17N3O3. The van der Waals surface area contributed by atoms with E-state index in [9.17, 15) is 4.79 Å². The molecule has 0 saturated heterocycles. The number of nitrogens with zero attached hydrogens (tertiary/aromatic N) is 1. The van der Waals surface area contributed by atoms with Gasteiger partial charge in [0.1, 0.15) is 11.5 Å². The summed E-state index contributed by atoms with van der Waals surface area (Å²) >= 11 is 0. The van der Waals surface area contributed by atoms with Gasteiger partial charge in [-0.25, -0.2) is 4.79 Å². The number of carbonyl (C=O) groups is 1. The Morgan fingerprint density at radius 3 is 2.48 bits per heavy atom. The number of methoxy groups -OCH3 is 2. The van der Waals surface area contributed by atoms with Gasteiger partial charge in [0.25, 0.3) is 0 Å². The minimum atomic E-state index is -0.311. The topological polar surface area (TPSA) is 72.5 Å². The fraction of sp³-hybridized carbons (Fsp3) is 0.200. The van der Waals surface area contributed by atoms with Crippen molar-refractivity contribution in [1.29, 1.82) is 0 Å². The van der Waals surface area contributed by atoms with Crippen molar-refractivity contribution in [2.24, 2.45) is 0 Å². The van der Waals surface area contributed by atoms with Crippen LogP contribution < -0.4 is 20.1 Å². The second-order valence-electron chi connectivity index (χ2n) is 4.27. The summed E-state index contributed by atoms with van der Waals surface area (Å²) in [6.45, 7) is 0.404. The Balaban J connectivity index is 1.96. The number of carbonyl (C=O) groups excluding carboxylic acids is 1. The van der Waals surface area contributed by atoms with Gasteiger partial charge in [-0.3, -0.25) is 4.98 Å². The van der Waals surface area contributed by atoms with Crippen LogP contribution >= 0.6 is 0 Å². The van der Waals surface area contributed by atoms with Gasteiger partial charge in [-0.2, -0.15) is 0 Å². The molecular weight excluding hydrogens is 270 g/mol. The van der Waals surface area contributed by atoms with Gasteiger partial charge in [-0.05, 0) is 11.6 Å². The average molecular weight is 287 g/mol. The molecule has 0 aliphatic rings. The van der Waals surface area contributed by atoms with E-state index in [4.69, 9.17) is 9.47 Å². The van der Waals surface area contributed by atoms with Crippen LogP contribution in [0.25, 0.3) is 0 Å². The van der Waals surface area contributed by atoms with E-state index >= 15 is 0 Å². The summed E-state index contributed by atoms with van der Waals surface area (Å²) in [5.41, 5.74) is 1.52. The minimum Gasteiger partial charge on any atom is -0.497 e. The predicted molar refractivity (Wildman–Crippen MR) is 79.6 cm³/mol. The lowest BCUT2D eigenvalue weighted by molar-refractivity contribution is 0.251. The van der Waals surface area contributed by atoms with Gasteiger partial charge in [0, 0.05) is 42.8 Å². The van der Waals surface area contributed by atoms with Crippen LogP contribution in [0.1, 0.15) is 5.56 Å². The van der Waals surface area contributed by atoms with Crippen molar-refractivity contribution in [2.75, 3.05) is 19.5 Å². The number of benzene rings is 1. The average Bonchev–Trinajstić information content (AvgIpc) is 2.53. The second-order valence-corrected chi connectivity index (χ2v) is 4.27. The number of hydrogen-bond donors (Lipinski definition) is 2. The molecule has 6 nitrogen and oxygen atoms in total. The molecule has 1 aromatic heterocycles. The highest BCUT2D eigenvalue weighted by Gasteiger charge is 2.05. The first-order chi connectivity index (χ1) is 10.2. The van der Waals surface area contributed by atoms with E-state index in [-0.39, 0.29) is 6.03 Å². The Kier molecular flexibility index (Phi) is 4.98. The molecule has 2 aromatic rings. The fourth-order valence-electron chi connectivity index (χ4n) is 1.74. The fourth-order valence-corrected chi connectivity index (χ4v) is 1.74. The highest BCUT2D eigenvalue weighted by atomic mass is 16.5. The smallest absolute Gasteiger partial charge is 0.319 e. The van der Waals surface area contributed by atoms with Crippen molar-refractivity contribution in [3.63, 3.8) is 0 Å². The molecule has 110 valence electrons. The number of ether oxygens (including phenoxy) is 2. The van der Waals surface area contributed by atoms with Crippen molar-refractivity contribution in [3.05, 3.63) is 48.3 Å². The molecule has 0 fully saturated rings. The van der Waals surface area contributed by atoms with Crippen molar-refractivity contribution >= 4 is 11.7 Å². The first-order valence-electron chi connectivity index (χ1n) is 6.38. The molecule has 1 heterocycles. The van der Waals surface area contributed by atoms with Gasteiger partial charge in [0.05, 0.1) is 14.2 Å². The van der Waals surface area contributed by atoms with Crippen LogP contribution in [-0.2, 0) is 6.54 Å². The van der Waals surface area contributed by atoms with Crippen LogP contribution in [0.15, 0.2) is 42.7 Å². The summed E-state index contributed by atoms with van der Waals surface area (Å²) in [7, 11) is 3.11. The van der Waals surface area contributed by atoms with E-state index < -0.39 is 0 Å². The third-order valence-electron chi connectivity index (χ3n) is 2.79. The molecule has 0 unspecified atom stereocenters. The summed E-state index contributed by atoms with van der Waals surface area (Å²) in [5, 5.41) is 5.48. The van der Waals surface area contributed by atoms with Gasteiger partial charge in [0.2, 0.25) is 0 Å². The monoisotopic (exact) mass is 287 g/mol. The molecule has 6 heteroatoms. The van der Waals surface area contributed by atoms with E-state index in [0.29, 0.717) is 23.7 Å². The summed E-state index contributed by atoms with van der Waals surface area (Å²) in [6.07, 6.45) is 3.39. The number of hydrogen-bond acceptors (Lipinski definition) is 4. The minimum absolute atomic E-state index is 0.311. The van der Waals surface area contributed by atoms with Crippen LogP contribution in [0.3, 0.4) is 0 Å². The molecule has 2 rings (SSSR count). The Labute approximate surface area is 123 Å². The number of urea groups is 1. The van der Waals surface area contributed by atoms with Gasteiger partial charge in [-0.1, -0.05) is 6.07 Å². The molecule has 0 atom stereocenters. The highest BCUT2D eigenvalue weighted by molar-refractivity contribution is 5.89. The molecule has 2 N–H and O–H groups in total. The number of anilines is 1. The molecule has 2 amide bonds. The third-order valence-corrected chi connectivity index (χ3v) is 2.79. The largest absolute Gasteiger partial charge is 0.497 e. The number of pyridine rings is 1. The first kappa shape index (κ1) is 14.6. The van der Waals surface area contributed by atoms with E-state index in [0.717, 1.165) is 5.56 Å².